The quantitative estimate of drug-likeness (QED) is 0.692. The van der Waals surface area contributed by atoms with E-state index in [0.29, 0.717) is 5.56 Å². The second-order valence-corrected chi connectivity index (χ2v) is 5.22. The Bertz CT molecular complexity index is 776. The molecule has 4 rings (SSSR count). The van der Waals surface area contributed by atoms with Gasteiger partial charge in [-0.05, 0) is 24.1 Å². The van der Waals surface area contributed by atoms with Crippen LogP contribution in [0.15, 0.2) is 48.5 Å². The van der Waals surface area contributed by atoms with Gasteiger partial charge >= 0.3 is 0 Å². The van der Waals surface area contributed by atoms with E-state index in [9.17, 15) is 4.39 Å². The summed E-state index contributed by atoms with van der Waals surface area (Å²) < 4.78 is 14.1. The molecule has 0 amide bonds. The van der Waals surface area contributed by atoms with Gasteiger partial charge in [0.1, 0.15) is 5.82 Å². The van der Waals surface area contributed by atoms with E-state index in [0.717, 1.165) is 24.2 Å². The van der Waals surface area contributed by atoms with Crippen LogP contribution in [0.2, 0.25) is 0 Å². The fraction of sp³-hybridized carbons (Fsp3) is 0.176. The number of nitrogens with one attached hydrogen (secondary N) is 2. The first-order valence-corrected chi connectivity index (χ1v) is 6.92. The normalized spacial score (nSPS) is 18.1. The zero-order valence-corrected chi connectivity index (χ0v) is 11.0. The van der Waals surface area contributed by atoms with E-state index in [2.05, 4.69) is 28.5 Å². The molecule has 0 spiro atoms. The van der Waals surface area contributed by atoms with Crippen molar-refractivity contribution in [2.45, 2.75) is 12.5 Å². The highest BCUT2D eigenvalue weighted by atomic mass is 19.1. The van der Waals surface area contributed by atoms with Crippen molar-refractivity contribution >= 4 is 10.9 Å². The number of halogens is 1. The second-order valence-electron chi connectivity index (χ2n) is 5.22. The molecule has 1 aliphatic rings. The molecule has 2 aromatic carbocycles. The summed E-state index contributed by atoms with van der Waals surface area (Å²) in [5.41, 5.74) is 4.25. The van der Waals surface area contributed by atoms with Crippen molar-refractivity contribution in [1.82, 2.24) is 10.3 Å². The lowest BCUT2D eigenvalue weighted by Gasteiger charge is -2.25. The zero-order chi connectivity index (χ0) is 13.5. The Labute approximate surface area is 116 Å². The molecule has 2 heterocycles. The van der Waals surface area contributed by atoms with E-state index in [1.54, 1.807) is 6.07 Å². The van der Waals surface area contributed by atoms with Crippen LogP contribution in [-0.2, 0) is 6.42 Å². The number of hydrogen-bond donors (Lipinski definition) is 2. The molecule has 2 nitrogen and oxygen atoms in total. The Balaban J connectivity index is 1.92. The van der Waals surface area contributed by atoms with Gasteiger partial charge in [-0.25, -0.2) is 4.39 Å². The average Bonchev–Trinajstić information content (AvgIpc) is 2.86. The molecule has 0 saturated heterocycles. The highest BCUT2D eigenvalue weighted by molar-refractivity contribution is 5.85. The van der Waals surface area contributed by atoms with Crippen LogP contribution in [0.4, 0.5) is 4.39 Å². The number of H-pyrrole nitrogens is 1. The molecule has 1 aromatic heterocycles. The van der Waals surface area contributed by atoms with Gasteiger partial charge in [-0.1, -0.05) is 36.4 Å². The fourth-order valence-electron chi connectivity index (χ4n) is 3.15. The van der Waals surface area contributed by atoms with Gasteiger partial charge in [-0.2, -0.15) is 0 Å². The third-order valence-corrected chi connectivity index (χ3v) is 4.08. The van der Waals surface area contributed by atoms with Gasteiger partial charge in [0, 0.05) is 28.7 Å². The largest absolute Gasteiger partial charge is 0.357 e. The van der Waals surface area contributed by atoms with Crippen LogP contribution in [-0.4, -0.2) is 11.5 Å². The zero-order valence-electron chi connectivity index (χ0n) is 11.0. The number of rotatable bonds is 1. The van der Waals surface area contributed by atoms with Gasteiger partial charge in [0.05, 0.1) is 6.04 Å². The lowest BCUT2D eigenvalue weighted by atomic mass is 9.94. The molecule has 1 aliphatic heterocycles. The highest BCUT2D eigenvalue weighted by Crippen LogP contribution is 2.34. The number of aromatic amines is 1. The van der Waals surface area contributed by atoms with E-state index >= 15 is 0 Å². The van der Waals surface area contributed by atoms with Gasteiger partial charge in [0.25, 0.3) is 0 Å². The Morgan fingerprint density at radius 3 is 2.70 bits per heavy atom. The third-order valence-electron chi connectivity index (χ3n) is 4.08. The Morgan fingerprint density at radius 1 is 1.00 bits per heavy atom. The third kappa shape index (κ3) is 1.67. The molecule has 0 fully saturated rings. The summed E-state index contributed by atoms with van der Waals surface area (Å²) in [7, 11) is 0. The molecule has 0 bridgehead atoms. The number of aromatic nitrogens is 1. The molecule has 100 valence electrons. The summed E-state index contributed by atoms with van der Waals surface area (Å²) in [5.74, 6) is -0.156. The van der Waals surface area contributed by atoms with E-state index in [-0.39, 0.29) is 11.9 Å². The van der Waals surface area contributed by atoms with Gasteiger partial charge in [-0.3, -0.25) is 0 Å². The van der Waals surface area contributed by atoms with Gasteiger partial charge in [-0.15, -0.1) is 0 Å². The molecular weight excluding hydrogens is 251 g/mol. The van der Waals surface area contributed by atoms with Crippen LogP contribution < -0.4 is 5.32 Å². The van der Waals surface area contributed by atoms with Crippen molar-refractivity contribution < 1.29 is 4.39 Å². The first-order chi connectivity index (χ1) is 9.84. The molecular formula is C17H15FN2. The van der Waals surface area contributed by atoms with Crippen LogP contribution >= 0.6 is 0 Å². The predicted molar refractivity (Wildman–Crippen MR) is 78.2 cm³/mol. The monoisotopic (exact) mass is 266 g/mol. The Morgan fingerprint density at radius 2 is 1.80 bits per heavy atom. The van der Waals surface area contributed by atoms with Crippen molar-refractivity contribution in [3.8, 4) is 0 Å². The summed E-state index contributed by atoms with van der Waals surface area (Å²) in [4.78, 5) is 3.46. The standard InChI is InChI=1S/C17H15FN2/c18-14-7-3-1-6-13(14)16-17-12(9-10-19-16)11-5-2-4-8-15(11)20-17/h1-8,16,19-20H,9-10H2. The lowest BCUT2D eigenvalue weighted by molar-refractivity contribution is 0.523. The SMILES string of the molecule is Fc1ccccc1C1NCCc2c1[nH]c1ccccc21. The van der Waals surface area contributed by atoms with Gasteiger partial charge in [0.15, 0.2) is 0 Å². The number of fused-ring (bicyclic) bond motifs is 3. The number of para-hydroxylation sites is 1. The summed E-state index contributed by atoms with van der Waals surface area (Å²) in [6.07, 6.45) is 0.976. The minimum absolute atomic E-state index is 0.0904. The fourth-order valence-corrected chi connectivity index (χ4v) is 3.15. The molecule has 2 N–H and O–H groups in total. The molecule has 0 radical (unpaired) electrons. The Hall–Kier alpha value is -2.13. The topological polar surface area (TPSA) is 27.8 Å². The summed E-state index contributed by atoms with van der Waals surface area (Å²) >= 11 is 0. The summed E-state index contributed by atoms with van der Waals surface area (Å²) in [5, 5.41) is 4.68. The predicted octanol–water partition coefficient (Wildman–Crippen LogP) is 3.54. The molecule has 0 saturated carbocycles. The minimum atomic E-state index is -0.156. The minimum Gasteiger partial charge on any atom is -0.357 e. The van der Waals surface area contributed by atoms with Gasteiger partial charge in [0.2, 0.25) is 0 Å². The lowest BCUT2D eigenvalue weighted by Crippen LogP contribution is -2.31. The molecule has 0 aliphatic carbocycles. The van der Waals surface area contributed by atoms with Gasteiger partial charge < -0.3 is 10.3 Å². The van der Waals surface area contributed by atoms with Crippen LogP contribution in [0.3, 0.4) is 0 Å². The van der Waals surface area contributed by atoms with Crippen molar-refractivity contribution in [3.05, 3.63) is 71.2 Å². The van der Waals surface area contributed by atoms with Crippen LogP contribution in [0.25, 0.3) is 10.9 Å². The van der Waals surface area contributed by atoms with Crippen molar-refractivity contribution in [3.63, 3.8) is 0 Å². The molecule has 3 aromatic rings. The van der Waals surface area contributed by atoms with E-state index in [1.165, 1.54) is 17.0 Å². The van der Waals surface area contributed by atoms with Crippen molar-refractivity contribution in [2.75, 3.05) is 6.54 Å². The molecule has 1 unspecified atom stereocenters. The first kappa shape index (κ1) is 11.7. The first-order valence-electron chi connectivity index (χ1n) is 6.92. The van der Waals surface area contributed by atoms with Crippen molar-refractivity contribution in [2.24, 2.45) is 0 Å². The molecule has 20 heavy (non-hydrogen) atoms. The second kappa shape index (κ2) is 4.46. The Kier molecular flexibility index (Phi) is 2.60. The summed E-state index contributed by atoms with van der Waals surface area (Å²) in [6, 6.07) is 15.2. The maximum atomic E-state index is 14.1. The van der Waals surface area contributed by atoms with E-state index in [1.807, 2.05) is 18.2 Å². The van der Waals surface area contributed by atoms with E-state index < -0.39 is 0 Å². The molecule has 1 atom stereocenters. The van der Waals surface area contributed by atoms with Crippen LogP contribution in [0.1, 0.15) is 22.9 Å². The number of hydrogen-bond acceptors (Lipinski definition) is 1. The maximum absolute atomic E-state index is 14.1. The van der Waals surface area contributed by atoms with Crippen molar-refractivity contribution in [1.29, 1.82) is 0 Å². The average molecular weight is 266 g/mol. The number of benzene rings is 2. The molecule has 3 heteroatoms. The smallest absolute Gasteiger partial charge is 0.128 e. The highest BCUT2D eigenvalue weighted by Gasteiger charge is 2.26. The van der Waals surface area contributed by atoms with Crippen LogP contribution in [0, 0.1) is 5.82 Å². The maximum Gasteiger partial charge on any atom is 0.128 e. The summed E-state index contributed by atoms with van der Waals surface area (Å²) in [6.45, 7) is 0.869. The van der Waals surface area contributed by atoms with Crippen LogP contribution in [0.5, 0.6) is 0 Å². The van der Waals surface area contributed by atoms with E-state index in [4.69, 9.17) is 0 Å².